The van der Waals surface area contributed by atoms with Crippen LogP contribution in [0.2, 0.25) is 0 Å². The summed E-state index contributed by atoms with van der Waals surface area (Å²) in [6, 6.07) is -0.839. The average Bonchev–Trinajstić information content (AvgIpc) is 2.83. The summed E-state index contributed by atoms with van der Waals surface area (Å²) in [5.74, 6) is -1.01. The van der Waals surface area contributed by atoms with Gasteiger partial charge in [-0.15, -0.1) is 0 Å². The maximum atomic E-state index is 12.4. The molecule has 98 valence electrons. The lowest BCUT2D eigenvalue weighted by molar-refractivity contribution is -0.142. The SMILES string of the molecule is O=C(O)[C@H]1CCCCN1S(=O)(=O)C1CCCC1. The van der Waals surface area contributed by atoms with E-state index in [1.807, 2.05) is 0 Å². The molecule has 2 rings (SSSR count). The van der Waals surface area contributed by atoms with Crippen molar-refractivity contribution in [2.24, 2.45) is 0 Å². The van der Waals surface area contributed by atoms with E-state index in [0.717, 1.165) is 25.7 Å². The number of rotatable bonds is 3. The van der Waals surface area contributed by atoms with Crippen molar-refractivity contribution in [2.75, 3.05) is 6.54 Å². The van der Waals surface area contributed by atoms with Gasteiger partial charge in [0.2, 0.25) is 10.0 Å². The van der Waals surface area contributed by atoms with Crippen LogP contribution in [0.15, 0.2) is 0 Å². The van der Waals surface area contributed by atoms with Gasteiger partial charge in [0.25, 0.3) is 0 Å². The first-order chi connectivity index (χ1) is 8.03. The molecule has 1 heterocycles. The summed E-state index contributed by atoms with van der Waals surface area (Å²) in [6.45, 7) is 0.371. The van der Waals surface area contributed by atoms with Gasteiger partial charge in [-0.1, -0.05) is 12.8 Å². The number of hydrogen-bond acceptors (Lipinski definition) is 3. The van der Waals surface area contributed by atoms with E-state index in [1.165, 1.54) is 4.31 Å². The minimum Gasteiger partial charge on any atom is -0.480 e. The molecule has 2 aliphatic rings. The Hall–Kier alpha value is -0.620. The van der Waals surface area contributed by atoms with Crippen LogP contribution in [0.3, 0.4) is 0 Å². The first-order valence-electron chi connectivity index (χ1n) is 6.27. The second kappa shape index (κ2) is 4.94. The van der Waals surface area contributed by atoms with Gasteiger partial charge in [-0.05, 0) is 32.1 Å². The number of nitrogens with zero attached hydrogens (tertiary/aromatic N) is 1. The fourth-order valence-corrected chi connectivity index (χ4v) is 5.08. The van der Waals surface area contributed by atoms with E-state index in [9.17, 15) is 13.2 Å². The fourth-order valence-electron chi connectivity index (χ4n) is 2.83. The zero-order chi connectivity index (χ0) is 12.5. The van der Waals surface area contributed by atoms with Crippen LogP contribution >= 0.6 is 0 Å². The van der Waals surface area contributed by atoms with E-state index in [1.54, 1.807) is 0 Å². The number of piperidine rings is 1. The standard InChI is InChI=1S/C11H19NO4S/c13-11(14)10-7-3-4-8-12(10)17(15,16)9-5-1-2-6-9/h9-10H,1-8H2,(H,13,14)/t10-/m1/s1. The number of carbonyl (C=O) groups is 1. The fraction of sp³-hybridized carbons (Fsp3) is 0.909. The molecule has 1 aliphatic carbocycles. The Kier molecular flexibility index (Phi) is 3.73. The molecule has 0 spiro atoms. The Balaban J connectivity index is 2.20. The van der Waals surface area contributed by atoms with Crippen molar-refractivity contribution in [2.45, 2.75) is 56.2 Å². The van der Waals surface area contributed by atoms with Gasteiger partial charge in [0.05, 0.1) is 5.25 Å². The Bertz CT molecular complexity index is 386. The number of hydrogen-bond donors (Lipinski definition) is 1. The summed E-state index contributed by atoms with van der Waals surface area (Å²) in [5.41, 5.74) is 0. The van der Waals surface area contributed by atoms with Gasteiger partial charge >= 0.3 is 5.97 Å². The Labute approximate surface area is 102 Å². The predicted octanol–water partition coefficient (Wildman–Crippen LogP) is 1.20. The normalized spacial score (nSPS) is 28.4. The van der Waals surface area contributed by atoms with E-state index < -0.39 is 22.0 Å². The van der Waals surface area contributed by atoms with Crippen molar-refractivity contribution in [3.63, 3.8) is 0 Å². The molecule has 2 fully saturated rings. The third-order valence-corrected chi connectivity index (χ3v) is 6.19. The molecule has 1 N–H and O–H groups in total. The summed E-state index contributed by atoms with van der Waals surface area (Å²) >= 11 is 0. The van der Waals surface area contributed by atoms with Crippen molar-refractivity contribution in [3.05, 3.63) is 0 Å². The molecule has 0 radical (unpaired) electrons. The third-order valence-electron chi connectivity index (χ3n) is 3.79. The van der Waals surface area contributed by atoms with Crippen LogP contribution < -0.4 is 0 Å². The van der Waals surface area contributed by atoms with Gasteiger partial charge in [0.1, 0.15) is 6.04 Å². The molecule has 0 bridgehead atoms. The highest BCUT2D eigenvalue weighted by Gasteiger charge is 2.41. The molecule has 5 nitrogen and oxygen atoms in total. The van der Waals surface area contributed by atoms with Crippen molar-refractivity contribution in [1.82, 2.24) is 4.31 Å². The lowest BCUT2D eigenvalue weighted by Gasteiger charge is -2.33. The van der Waals surface area contributed by atoms with Crippen LogP contribution in [0.1, 0.15) is 44.9 Å². The molecule has 0 aromatic heterocycles. The number of sulfonamides is 1. The molecule has 1 saturated carbocycles. The van der Waals surface area contributed by atoms with E-state index in [4.69, 9.17) is 5.11 Å². The van der Waals surface area contributed by atoms with Gasteiger partial charge < -0.3 is 5.11 Å². The lowest BCUT2D eigenvalue weighted by atomic mass is 10.1. The largest absolute Gasteiger partial charge is 0.480 e. The number of carboxylic acid groups (broad SMARTS) is 1. The maximum absolute atomic E-state index is 12.4. The Morgan fingerprint density at radius 1 is 1.06 bits per heavy atom. The summed E-state index contributed by atoms with van der Waals surface area (Å²) in [6.07, 6.45) is 5.27. The average molecular weight is 261 g/mol. The molecule has 0 aromatic rings. The molecule has 0 amide bonds. The van der Waals surface area contributed by atoms with Crippen molar-refractivity contribution in [1.29, 1.82) is 0 Å². The van der Waals surface area contributed by atoms with E-state index in [2.05, 4.69) is 0 Å². The van der Waals surface area contributed by atoms with Crippen molar-refractivity contribution in [3.8, 4) is 0 Å². The monoisotopic (exact) mass is 261 g/mol. The highest BCUT2D eigenvalue weighted by Crippen LogP contribution is 2.30. The van der Waals surface area contributed by atoms with Crippen LogP contribution in [0.25, 0.3) is 0 Å². The zero-order valence-corrected chi connectivity index (χ0v) is 10.7. The minimum atomic E-state index is -3.40. The van der Waals surface area contributed by atoms with Gasteiger partial charge in [-0.2, -0.15) is 4.31 Å². The van der Waals surface area contributed by atoms with Gasteiger partial charge in [-0.3, -0.25) is 4.79 Å². The second-order valence-electron chi connectivity index (χ2n) is 4.91. The van der Waals surface area contributed by atoms with E-state index in [-0.39, 0.29) is 5.25 Å². The quantitative estimate of drug-likeness (QED) is 0.828. The lowest BCUT2D eigenvalue weighted by Crippen LogP contribution is -2.50. The van der Waals surface area contributed by atoms with Crippen molar-refractivity contribution >= 4 is 16.0 Å². The summed E-state index contributed by atoms with van der Waals surface area (Å²) < 4.78 is 26.0. The van der Waals surface area contributed by atoms with Crippen LogP contribution in [0.4, 0.5) is 0 Å². The van der Waals surface area contributed by atoms with E-state index in [0.29, 0.717) is 25.8 Å². The third kappa shape index (κ3) is 2.47. The van der Waals surface area contributed by atoms with Gasteiger partial charge in [0.15, 0.2) is 0 Å². The van der Waals surface area contributed by atoms with Gasteiger partial charge in [-0.25, -0.2) is 8.42 Å². The topological polar surface area (TPSA) is 74.7 Å². The van der Waals surface area contributed by atoms with Crippen LogP contribution in [0, 0.1) is 0 Å². The summed E-state index contributed by atoms with van der Waals surface area (Å²) in [7, 11) is -3.40. The molecule has 1 atom stereocenters. The van der Waals surface area contributed by atoms with Crippen molar-refractivity contribution < 1.29 is 18.3 Å². The van der Waals surface area contributed by atoms with Crippen LogP contribution in [-0.4, -0.2) is 41.6 Å². The minimum absolute atomic E-state index is 0.345. The summed E-state index contributed by atoms with van der Waals surface area (Å²) in [4.78, 5) is 11.1. The molecular formula is C11H19NO4S. The van der Waals surface area contributed by atoms with Crippen LogP contribution in [-0.2, 0) is 14.8 Å². The van der Waals surface area contributed by atoms with Gasteiger partial charge in [0, 0.05) is 6.54 Å². The molecule has 0 unspecified atom stereocenters. The van der Waals surface area contributed by atoms with E-state index >= 15 is 0 Å². The smallest absolute Gasteiger partial charge is 0.322 e. The summed E-state index contributed by atoms with van der Waals surface area (Å²) in [5, 5.41) is 8.76. The number of aliphatic carboxylic acids is 1. The molecule has 0 aromatic carbocycles. The Morgan fingerprint density at radius 3 is 2.24 bits per heavy atom. The number of carboxylic acids is 1. The molecule has 1 saturated heterocycles. The maximum Gasteiger partial charge on any atom is 0.322 e. The first kappa shape index (κ1) is 12.8. The van der Waals surface area contributed by atoms with Crippen LogP contribution in [0.5, 0.6) is 0 Å². The molecule has 6 heteroatoms. The molecule has 17 heavy (non-hydrogen) atoms. The first-order valence-corrected chi connectivity index (χ1v) is 7.77. The predicted molar refractivity (Wildman–Crippen MR) is 63.2 cm³/mol. The molecule has 1 aliphatic heterocycles. The molecular weight excluding hydrogens is 242 g/mol. The Morgan fingerprint density at radius 2 is 1.65 bits per heavy atom. The highest BCUT2D eigenvalue weighted by molar-refractivity contribution is 7.89. The highest BCUT2D eigenvalue weighted by atomic mass is 32.2. The zero-order valence-electron chi connectivity index (χ0n) is 9.84. The second-order valence-corrected chi connectivity index (χ2v) is 7.08.